The maximum Gasteiger partial charge on any atom is 0.317 e. The first kappa shape index (κ1) is 8.25. The second-order valence-electron chi connectivity index (χ2n) is 2.81. The van der Waals surface area contributed by atoms with Gasteiger partial charge in [-0.1, -0.05) is 0 Å². The Balaban J connectivity index is 2.94. The molecule has 0 aromatic carbocycles. The zero-order chi connectivity index (χ0) is 9.59. The summed E-state index contributed by atoms with van der Waals surface area (Å²) in [5.41, 5.74) is 1.61. The number of hydrogen-bond donors (Lipinski definition) is 2. The summed E-state index contributed by atoms with van der Waals surface area (Å²) < 4.78 is 0.632. The van der Waals surface area contributed by atoms with Crippen LogP contribution >= 0.6 is 11.3 Å². The molecule has 0 unspecified atom stereocenters. The smallest absolute Gasteiger partial charge is 0.317 e. The van der Waals surface area contributed by atoms with Crippen molar-refractivity contribution < 1.29 is 10.2 Å². The summed E-state index contributed by atoms with van der Waals surface area (Å²) in [6.07, 6.45) is 0. The van der Waals surface area contributed by atoms with E-state index in [9.17, 15) is 5.11 Å². The van der Waals surface area contributed by atoms with Crippen LogP contribution < -0.4 is 0 Å². The molecule has 0 spiro atoms. The van der Waals surface area contributed by atoms with E-state index < -0.39 is 0 Å². The van der Waals surface area contributed by atoms with E-state index in [1.807, 2.05) is 13.8 Å². The Bertz CT molecular complexity index is 478. The molecule has 5 heteroatoms. The first-order chi connectivity index (χ1) is 6.09. The van der Waals surface area contributed by atoms with E-state index in [0.29, 0.717) is 10.2 Å². The predicted octanol–water partition coefficient (Wildman–Crippen LogP) is 1.72. The number of aromatic nitrogens is 2. The van der Waals surface area contributed by atoms with Gasteiger partial charge in [0.2, 0.25) is 5.88 Å². The first-order valence-corrected chi connectivity index (χ1v) is 4.57. The number of fused-ring (bicyclic) bond motifs is 1. The minimum absolute atomic E-state index is 0.149. The van der Waals surface area contributed by atoms with Crippen molar-refractivity contribution in [1.82, 2.24) is 9.97 Å². The van der Waals surface area contributed by atoms with Crippen LogP contribution in [0.1, 0.15) is 10.4 Å². The van der Waals surface area contributed by atoms with Crippen LogP contribution in [0.25, 0.3) is 10.2 Å². The van der Waals surface area contributed by atoms with Gasteiger partial charge in [0.25, 0.3) is 0 Å². The lowest BCUT2D eigenvalue weighted by atomic mass is 10.2. The molecule has 68 valence electrons. The Hall–Kier alpha value is -1.36. The van der Waals surface area contributed by atoms with E-state index in [4.69, 9.17) is 5.11 Å². The summed E-state index contributed by atoms with van der Waals surface area (Å²) in [6, 6.07) is -0.383. The Labute approximate surface area is 78.5 Å². The Kier molecular flexibility index (Phi) is 1.63. The van der Waals surface area contributed by atoms with Crippen LogP contribution in [0.3, 0.4) is 0 Å². The van der Waals surface area contributed by atoms with Crippen molar-refractivity contribution in [2.24, 2.45) is 0 Å². The van der Waals surface area contributed by atoms with E-state index in [0.717, 1.165) is 10.4 Å². The maximum absolute atomic E-state index is 9.39. The topological polar surface area (TPSA) is 66.2 Å². The molecule has 2 rings (SSSR count). The average Bonchev–Trinajstić information content (AvgIpc) is 2.32. The maximum atomic E-state index is 9.39. The highest BCUT2D eigenvalue weighted by atomic mass is 32.1. The molecule has 2 heterocycles. The quantitative estimate of drug-likeness (QED) is 0.673. The highest BCUT2D eigenvalue weighted by Gasteiger charge is 2.12. The van der Waals surface area contributed by atoms with Crippen molar-refractivity contribution in [3.8, 4) is 11.9 Å². The Morgan fingerprint density at radius 3 is 2.54 bits per heavy atom. The van der Waals surface area contributed by atoms with Crippen molar-refractivity contribution in [2.75, 3.05) is 0 Å². The van der Waals surface area contributed by atoms with Gasteiger partial charge in [-0.25, -0.2) is 0 Å². The molecule has 0 fully saturated rings. The Morgan fingerprint density at radius 1 is 1.15 bits per heavy atom. The van der Waals surface area contributed by atoms with Crippen molar-refractivity contribution >= 4 is 21.6 Å². The van der Waals surface area contributed by atoms with Gasteiger partial charge in [-0.2, -0.15) is 9.97 Å². The number of nitrogens with zero attached hydrogens (tertiary/aromatic N) is 2. The lowest BCUT2D eigenvalue weighted by Crippen LogP contribution is -1.82. The zero-order valence-corrected chi connectivity index (χ0v) is 8.01. The monoisotopic (exact) mass is 196 g/mol. The summed E-state index contributed by atoms with van der Waals surface area (Å²) in [7, 11) is 0. The minimum atomic E-state index is -0.383. The van der Waals surface area contributed by atoms with Gasteiger partial charge >= 0.3 is 6.01 Å². The molecular formula is C8H8N2O2S. The van der Waals surface area contributed by atoms with Crippen molar-refractivity contribution in [2.45, 2.75) is 13.8 Å². The number of aromatic hydroxyl groups is 2. The lowest BCUT2D eigenvalue weighted by Gasteiger charge is -1.94. The molecule has 0 radical (unpaired) electrons. The summed E-state index contributed by atoms with van der Waals surface area (Å²) in [5.74, 6) is -0.149. The van der Waals surface area contributed by atoms with E-state index in [-0.39, 0.29) is 11.9 Å². The van der Waals surface area contributed by atoms with Gasteiger partial charge < -0.3 is 10.2 Å². The van der Waals surface area contributed by atoms with Gasteiger partial charge in [-0.15, -0.1) is 11.3 Å². The third-order valence-corrected chi connectivity index (χ3v) is 3.17. The van der Waals surface area contributed by atoms with Crippen LogP contribution in [0.4, 0.5) is 0 Å². The van der Waals surface area contributed by atoms with Crippen molar-refractivity contribution in [3.63, 3.8) is 0 Å². The third-order valence-electron chi connectivity index (χ3n) is 1.97. The molecule has 0 amide bonds. The normalized spacial score (nSPS) is 10.9. The molecule has 0 aliphatic rings. The van der Waals surface area contributed by atoms with Crippen molar-refractivity contribution in [1.29, 1.82) is 0 Å². The molecule has 0 aliphatic carbocycles. The van der Waals surface area contributed by atoms with Gasteiger partial charge in [-0.3, -0.25) is 0 Å². The number of hydrogen-bond acceptors (Lipinski definition) is 5. The number of thiophene rings is 1. The summed E-state index contributed by atoms with van der Waals surface area (Å²) >= 11 is 1.43. The van der Waals surface area contributed by atoms with Crippen LogP contribution in [-0.4, -0.2) is 20.2 Å². The van der Waals surface area contributed by atoms with Gasteiger partial charge in [0.05, 0.1) is 5.52 Å². The summed E-state index contributed by atoms with van der Waals surface area (Å²) in [4.78, 5) is 8.39. The molecule has 2 aromatic rings. The second kappa shape index (κ2) is 2.56. The van der Waals surface area contributed by atoms with E-state index in [2.05, 4.69) is 9.97 Å². The zero-order valence-electron chi connectivity index (χ0n) is 7.20. The molecule has 2 N–H and O–H groups in total. The lowest BCUT2D eigenvalue weighted by molar-refractivity contribution is 0.404. The van der Waals surface area contributed by atoms with Gasteiger partial charge in [0.15, 0.2) is 0 Å². The van der Waals surface area contributed by atoms with Crippen LogP contribution in [0.15, 0.2) is 0 Å². The van der Waals surface area contributed by atoms with Gasteiger partial charge in [0.1, 0.15) is 4.70 Å². The predicted molar refractivity (Wildman–Crippen MR) is 50.2 cm³/mol. The molecular weight excluding hydrogens is 188 g/mol. The summed E-state index contributed by atoms with van der Waals surface area (Å²) in [5, 5.41) is 18.5. The largest absolute Gasteiger partial charge is 0.492 e. The van der Waals surface area contributed by atoms with Crippen LogP contribution in [0.5, 0.6) is 11.9 Å². The van der Waals surface area contributed by atoms with Gasteiger partial charge in [-0.05, 0) is 19.4 Å². The molecule has 13 heavy (non-hydrogen) atoms. The second-order valence-corrected chi connectivity index (χ2v) is 4.03. The van der Waals surface area contributed by atoms with E-state index >= 15 is 0 Å². The average molecular weight is 196 g/mol. The molecule has 0 saturated heterocycles. The first-order valence-electron chi connectivity index (χ1n) is 3.75. The van der Waals surface area contributed by atoms with Gasteiger partial charge in [0, 0.05) is 4.88 Å². The number of aryl methyl sites for hydroxylation is 2. The number of rotatable bonds is 0. The third kappa shape index (κ3) is 1.12. The molecule has 4 nitrogen and oxygen atoms in total. The highest BCUT2D eigenvalue weighted by molar-refractivity contribution is 7.19. The molecule has 0 saturated carbocycles. The SMILES string of the molecule is Cc1sc2c(O)nc(O)nc2c1C. The van der Waals surface area contributed by atoms with E-state index in [1.165, 1.54) is 11.3 Å². The van der Waals surface area contributed by atoms with Crippen LogP contribution in [0, 0.1) is 13.8 Å². The fourth-order valence-electron chi connectivity index (χ4n) is 1.17. The van der Waals surface area contributed by atoms with E-state index in [1.54, 1.807) is 0 Å². The van der Waals surface area contributed by atoms with Crippen molar-refractivity contribution in [3.05, 3.63) is 10.4 Å². The van der Waals surface area contributed by atoms with Crippen LogP contribution in [0.2, 0.25) is 0 Å². The van der Waals surface area contributed by atoms with Crippen LogP contribution in [-0.2, 0) is 0 Å². The molecule has 0 atom stereocenters. The fourth-order valence-corrected chi connectivity index (χ4v) is 2.16. The molecule has 2 aromatic heterocycles. The highest BCUT2D eigenvalue weighted by Crippen LogP contribution is 2.34. The molecule has 0 aliphatic heterocycles. The molecule has 0 bridgehead atoms. The summed E-state index contributed by atoms with van der Waals surface area (Å²) in [6.45, 7) is 3.85. The standard InChI is InChI=1S/C8H8N2O2S/c1-3-4(2)13-6-5(3)9-8(12)10-7(6)11/h1-2H3,(H2,9,10,11,12). The minimum Gasteiger partial charge on any atom is -0.492 e. The fraction of sp³-hybridized carbons (Fsp3) is 0.250. The Morgan fingerprint density at radius 2 is 1.85 bits per heavy atom.